The molecule has 142 valence electrons. The van der Waals surface area contributed by atoms with Crippen LogP contribution in [0.3, 0.4) is 0 Å². The highest BCUT2D eigenvalue weighted by atomic mass is 32.2. The maximum absolute atomic E-state index is 12.8. The van der Waals surface area contributed by atoms with Gasteiger partial charge in [0, 0.05) is 12.1 Å². The van der Waals surface area contributed by atoms with Crippen molar-refractivity contribution < 1.29 is 23.1 Å². The van der Waals surface area contributed by atoms with Crippen LogP contribution in [0, 0.1) is 0 Å². The van der Waals surface area contributed by atoms with Gasteiger partial charge in [0.25, 0.3) is 5.91 Å². The summed E-state index contributed by atoms with van der Waals surface area (Å²) in [5, 5.41) is 9.36. The van der Waals surface area contributed by atoms with Crippen molar-refractivity contribution in [2.45, 2.75) is 36.0 Å². The third kappa shape index (κ3) is 4.36. The number of rotatable bonds is 5. The van der Waals surface area contributed by atoms with Crippen molar-refractivity contribution in [3.8, 4) is 0 Å². The van der Waals surface area contributed by atoms with Crippen molar-refractivity contribution in [1.82, 2.24) is 4.90 Å². The number of carboxylic acid groups (broad SMARTS) is 1. The number of nitrogens with zero attached hydrogens (tertiary/aromatic N) is 1. The summed E-state index contributed by atoms with van der Waals surface area (Å²) in [5.74, 6) is -1.60. The van der Waals surface area contributed by atoms with E-state index < -0.39 is 21.8 Å². The van der Waals surface area contributed by atoms with E-state index in [2.05, 4.69) is 0 Å². The van der Waals surface area contributed by atoms with Gasteiger partial charge in [-0.25, -0.2) is 13.2 Å². The molecule has 1 saturated heterocycles. The summed E-state index contributed by atoms with van der Waals surface area (Å²) in [6.07, 6.45) is 1.97. The van der Waals surface area contributed by atoms with Crippen LogP contribution in [0.2, 0.25) is 0 Å². The third-order valence-corrected chi connectivity index (χ3v) is 6.39. The van der Waals surface area contributed by atoms with E-state index in [1.54, 1.807) is 36.4 Å². The minimum atomic E-state index is -3.52. The molecule has 0 aliphatic carbocycles. The van der Waals surface area contributed by atoms with Crippen molar-refractivity contribution in [3.05, 3.63) is 65.7 Å². The second kappa shape index (κ2) is 7.92. The van der Waals surface area contributed by atoms with Gasteiger partial charge in [0.1, 0.15) is 6.04 Å². The zero-order valence-corrected chi connectivity index (χ0v) is 15.6. The number of sulfone groups is 1. The molecule has 1 aliphatic heterocycles. The van der Waals surface area contributed by atoms with Crippen LogP contribution in [-0.2, 0) is 20.4 Å². The van der Waals surface area contributed by atoms with Gasteiger partial charge < -0.3 is 10.0 Å². The monoisotopic (exact) mass is 387 g/mol. The Morgan fingerprint density at radius 1 is 1.04 bits per heavy atom. The molecule has 0 aromatic heterocycles. The van der Waals surface area contributed by atoms with Crippen LogP contribution in [0.15, 0.2) is 59.5 Å². The summed E-state index contributed by atoms with van der Waals surface area (Å²) in [6.45, 7) is 0.391. The molecule has 2 aromatic carbocycles. The number of benzene rings is 2. The Morgan fingerprint density at radius 3 is 2.48 bits per heavy atom. The first-order valence-electron chi connectivity index (χ1n) is 8.79. The number of carbonyl (C=O) groups is 2. The van der Waals surface area contributed by atoms with Gasteiger partial charge in [0.15, 0.2) is 9.84 Å². The number of carboxylic acids is 1. The molecule has 7 heteroatoms. The molecule has 27 heavy (non-hydrogen) atoms. The van der Waals surface area contributed by atoms with Crippen molar-refractivity contribution in [2.24, 2.45) is 0 Å². The fourth-order valence-electron chi connectivity index (χ4n) is 3.32. The highest BCUT2D eigenvalue weighted by Gasteiger charge is 2.32. The zero-order chi connectivity index (χ0) is 19.4. The second-order valence-electron chi connectivity index (χ2n) is 6.62. The minimum Gasteiger partial charge on any atom is -0.480 e. The lowest BCUT2D eigenvalue weighted by Crippen LogP contribution is -2.48. The molecule has 6 nitrogen and oxygen atoms in total. The number of carbonyl (C=O) groups excluding carboxylic acids is 1. The van der Waals surface area contributed by atoms with Gasteiger partial charge in [-0.15, -0.1) is 0 Å². The molecular formula is C20H21NO5S. The molecule has 0 saturated carbocycles. The predicted molar refractivity (Wildman–Crippen MR) is 100 cm³/mol. The molecule has 0 radical (unpaired) electrons. The van der Waals surface area contributed by atoms with Crippen molar-refractivity contribution >= 4 is 21.7 Å². The standard InChI is InChI=1S/C20H21NO5S/c22-19(21-12-5-4-11-18(21)20(23)24)16-8-6-7-15(13-16)14-27(25,26)17-9-2-1-3-10-17/h1-3,6-10,13,18H,4-5,11-12,14H2,(H,23,24)/t18-/m1/s1. The maximum atomic E-state index is 12.8. The number of hydrogen-bond donors (Lipinski definition) is 1. The Balaban J connectivity index is 1.83. The van der Waals surface area contributed by atoms with Gasteiger partial charge >= 0.3 is 5.97 Å². The largest absolute Gasteiger partial charge is 0.480 e. The Morgan fingerprint density at radius 2 is 1.78 bits per heavy atom. The second-order valence-corrected chi connectivity index (χ2v) is 8.61. The third-order valence-electron chi connectivity index (χ3n) is 4.68. The van der Waals surface area contributed by atoms with Crippen LogP contribution in [0.4, 0.5) is 0 Å². The van der Waals surface area contributed by atoms with Gasteiger partial charge in [0.2, 0.25) is 0 Å². The molecule has 0 unspecified atom stereocenters. The molecule has 1 aliphatic rings. The van der Waals surface area contributed by atoms with Crippen molar-refractivity contribution in [3.63, 3.8) is 0 Å². The van der Waals surface area contributed by atoms with Crippen LogP contribution in [0.1, 0.15) is 35.2 Å². The van der Waals surface area contributed by atoms with E-state index in [0.29, 0.717) is 24.1 Å². The first-order valence-corrected chi connectivity index (χ1v) is 10.4. The molecule has 1 fully saturated rings. The van der Waals surface area contributed by atoms with E-state index in [-0.39, 0.29) is 16.6 Å². The van der Waals surface area contributed by atoms with Crippen molar-refractivity contribution in [1.29, 1.82) is 0 Å². The topological polar surface area (TPSA) is 91.8 Å². The van der Waals surface area contributed by atoms with E-state index in [9.17, 15) is 23.1 Å². The molecule has 1 atom stereocenters. The summed E-state index contributed by atoms with van der Waals surface area (Å²) >= 11 is 0. The first kappa shape index (κ1) is 19.1. The fraction of sp³-hybridized carbons (Fsp3) is 0.300. The summed E-state index contributed by atoms with van der Waals surface area (Å²) < 4.78 is 25.1. The molecular weight excluding hydrogens is 366 g/mol. The molecule has 0 spiro atoms. The average Bonchev–Trinajstić information content (AvgIpc) is 2.68. The molecule has 0 bridgehead atoms. The van der Waals surface area contributed by atoms with Gasteiger partial charge in [0.05, 0.1) is 10.6 Å². The number of piperidine rings is 1. The summed E-state index contributed by atoms with van der Waals surface area (Å²) in [6, 6.07) is 13.7. The lowest BCUT2D eigenvalue weighted by molar-refractivity contribution is -0.143. The van der Waals surface area contributed by atoms with Crippen LogP contribution in [0.25, 0.3) is 0 Å². The van der Waals surface area contributed by atoms with Gasteiger partial charge in [-0.1, -0.05) is 30.3 Å². The first-order chi connectivity index (χ1) is 12.9. The summed E-state index contributed by atoms with van der Waals surface area (Å²) in [5.41, 5.74) is 0.803. The van der Waals surface area contributed by atoms with Crippen LogP contribution in [0.5, 0.6) is 0 Å². The summed E-state index contributed by atoms with van der Waals surface area (Å²) in [4.78, 5) is 25.9. The number of likely N-dealkylation sites (tertiary alicyclic amines) is 1. The van der Waals surface area contributed by atoms with Gasteiger partial charge in [-0.2, -0.15) is 0 Å². The van der Waals surface area contributed by atoms with E-state index in [0.717, 1.165) is 12.8 Å². The lowest BCUT2D eigenvalue weighted by atomic mass is 10.0. The fourth-order valence-corrected chi connectivity index (χ4v) is 4.68. The normalized spacial score (nSPS) is 17.5. The van der Waals surface area contributed by atoms with E-state index >= 15 is 0 Å². The number of hydrogen-bond acceptors (Lipinski definition) is 4. The number of amides is 1. The van der Waals surface area contributed by atoms with Crippen LogP contribution >= 0.6 is 0 Å². The van der Waals surface area contributed by atoms with Gasteiger partial charge in [-0.05, 0) is 49.1 Å². The highest BCUT2D eigenvalue weighted by molar-refractivity contribution is 7.90. The Kier molecular flexibility index (Phi) is 5.60. The molecule has 3 rings (SSSR count). The van der Waals surface area contributed by atoms with Crippen molar-refractivity contribution in [2.75, 3.05) is 6.54 Å². The molecule has 1 amide bonds. The zero-order valence-electron chi connectivity index (χ0n) is 14.7. The number of aliphatic carboxylic acids is 1. The lowest BCUT2D eigenvalue weighted by Gasteiger charge is -2.33. The average molecular weight is 387 g/mol. The SMILES string of the molecule is O=C(O)[C@H]1CCCCN1C(=O)c1cccc(CS(=O)(=O)c2ccccc2)c1. The smallest absolute Gasteiger partial charge is 0.326 e. The van der Waals surface area contributed by atoms with Gasteiger partial charge in [-0.3, -0.25) is 4.79 Å². The predicted octanol–water partition coefficient (Wildman–Crippen LogP) is 2.74. The van der Waals surface area contributed by atoms with Crippen LogP contribution < -0.4 is 0 Å². The maximum Gasteiger partial charge on any atom is 0.326 e. The Labute approximate surface area is 158 Å². The minimum absolute atomic E-state index is 0.222. The molecule has 1 N–H and O–H groups in total. The summed E-state index contributed by atoms with van der Waals surface area (Å²) in [7, 11) is -3.52. The van der Waals surface area contributed by atoms with E-state index in [4.69, 9.17) is 0 Å². The highest BCUT2D eigenvalue weighted by Crippen LogP contribution is 2.22. The molecule has 2 aromatic rings. The molecule has 1 heterocycles. The van der Waals surface area contributed by atoms with Crippen LogP contribution in [-0.4, -0.2) is 42.9 Å². The quantitative estimate of drug-likeness (QED) is 0.852. The Hall–Kier alpha value is -2.67. The Bertz CT molecular complexity index is 940. The van der Waals surface area contributed by atoms with E-state index in [1.165, 1.54) is 23.1 Å². The van der Waals surface area contributed by atoms with E-state index in [1.807, 2.05) is 0 Å².